The highest BCUT2D eigenvalue weighted by atomic mass is 35.5. The van der Waals surface area contributed by atoms with Crippen LogP contribution in [0.5, 0.6) is 0 Å². The number of hydrogen-bond donors (Lipinski definition) is 2. The molecule has 0 aliphatic carbocycles. The van der Waals surface area contributed by atoms with Crippen molar-refractivity contribution in [1.29, 1.82) is 0 Å². The molecule has 0 bridgehead atoms. The third-order valence-corrected chi connectivity index (χ3v) is 2.85. The molecule has 0 amide bonds. The highest BCUT2D eigenvalue weighted by Gasteiger charge is 2.12. The van der Waals surface area contributed by atoms with E-state index in [2.05, 4.69) is 12.0 Å². The second-order valence-electron chi connectivity index (χ2n) is 3.70. The van der Waals surface area contributed by atoms with Gasteiger partial charge < -0.3 is 0 Å². The molecule has 0 saturated carbocycles. The second kappa shape index (κ2) is 5.99. The Hall–Kier alpha value is -0.900. The Morgan fingerprint density at radius 2 is 2.31 bits per heavy atom. The van der Waals surface area contributed by atoms with Crippen molar-refractivity contribution >= 4 is 11.6 Å². The molecule has 1 aromatic carbocycles. The van der Waals surface area contributed by atoms with Gasteiger partial charge in [0.25, 0.3) is 0 Å². The molecule has 0 spiro atoms. The summed E-state index contributed by atoms with van der Waals surface area (Å²) in [4.78, 5) is 0. The molecular weight excluding hydrogens is 227 g/mol. The lowest BCUT2D eigenvalue weighted by molar-refractivity contribution is 0.538. The molecule has 0 fully saturated rings. The predicted octanol–water partition coefficient (Wildman–Crippen LogP) is 3.34. The Bertz CT molecular complexity index is 379. The smallest absolute Gasteiger partial charge is 0.142 e. The Morgan fingerprint density at radius 3 is 2.81 bits per heavy atom. The average Bonchev–Trinajstić information content (AvgIpc) is 2.29. The largest absolute Gasteiger partial charge is 0.271 e. The van der Waals surface area contributed by atoms with Gasteiger partial charge in [0.2, 0.25) is 0 Å². The molecule has 1 atom stereocenters. The topological polar surface area (TPSA) is 38.0 Å². The first-order valence-corrected chi connectivity index (χ1v) is 5.54. The molecule has 0 heterocycles. The van der Waals surface area contributed by atoms with E-state index in [0.717, 1.165) is 17.6 Å². The summed E-state index contributed by atoms with van der Waals surface area (Å²) in [6, 6.07) is 4.57. The van der Waals surface area contributed by atoms with Gasteiger partial charge in [0.1, 0.15) is 5.82 Å². The van der Waals surface area contributed by atoms with Gasteiger partial charge >= 0.3 is 0 Å². The fourth-order valence-corrected chi connectivity index (χ4v) is 1.55. The van der Waals surface area contributed by atoms with Gasteiger partial charge in [-0.1, -0.05) is 36.7 Å². The van der Waals surface area contributed by atoms with Gasteiger partial charge in [-0.2, -0.15) is 0 Å². The van der Waals surface area contributed by atoms with Crippen LogP contribution < -0.4 is 11.3 Å². The molecule has 1 aromatic rings. The summed E-state index contributed by atoms with van der Waals surface area (Å²) < 4.78 is 13.3. The fraction of sp³-hybridized carbons (Fsp3) is 0.333. The number of nitrogens with one attached hydrogen (secondary N) is 1. The molecule has 1 unspecified atom stereocenters. The number of nitrogens with two attached hydrogens (primary N) is 1. The summed E-state index contributed by atoms with van der Waals surface area (Å²) in [5.41, 5.74) is 4.50. The van der Waals surface area contributed by atoms with Crippen LogP contribution in [0.2, 0.25) is 5.02 Å². The van der Waals surface area contributed by atoms with E-state index in [9.17, 15) is 4.39 Å². The van der Waals surface area contributed by atoms with Crippen LogP contribution in [0.3, 0.4) is 0 Å². The lowest BCUT2D eigenvalue weighted by atomic mass is 9.99. The van der Waals surface area contributed by atoms with Gasteiger partial charge in [-0.25, -0.2) is 4.39 Å². The van der Waals surface area contributed by atoms with Gasteiger partial charge in [0.05, 0.1) is 5.02 Å². The first-order valence-electron chi connectivity index (χ1n) is 5.16. The van der Waals surface area contributed by atoms with Gasteiger partial charge in [-0.15, -0.1) is 0 Å². The van der Waals surface area contributed by atoms with Crippen LogP contribution in [0.1, 0.15) is 31.4 Å². The maximum Gasteiger partial charge on any atom is 0.142 e. The third-order valence-electron chi connectivity index (χ3n) is 2.54. The number of rotatable bonds is 5. The van der Waals surface area contributed by atoms with E-state index in [1.54, 1.807) is 6.07 Å². The quantitative estimate of drug-likeness (QED) is 0.472. The van der Waals surface area contributed by atoms with Gasteiger partial charge in [-0.3, -0.25) is 11.3 Å². The molecule has 2 nitrogen and oxygen atoms in total. The number of halogens is 2. The zero-order valence-corrected chi connectivity index (χ0v) is 10.0. The highest BCUT2D eigenvalue weighted by Crippen LogP contribution is 2.24. The minimum absolute atomic E-state index is 0.119. The van der Waals surface area contributed by atoms with Crippen LogP contribution >= 0.6 is 11.6 Å². The summed E-state index contributed by atoms with van der Waals surface area (Å²) in [7, 11) is 0. The minimum atomic E-state index is -0.429. The molecule has 4 heteroatoms. The number of benzene rings is 1. The van der Waals surface area contributed by atoms with Gasteiger partial charge in [-0.05, 0) is 30.5 Å². The van der Waals surface area contributed by atoms with Crippen molar-refractivity contribution in [2.45, 2.75) is 25.8 Å². The summed E-state index contributed by atoms with van der Waals surface area (Å²) in [6.07, 6.45) is 1.57. The van der Waals surface area contributed by atoms with Crippen molar-refractivity contribution in [3.63, 3.8) is 0 Å². The van der Waals surface area contributed by atoms with E-state index >= 15 is 0 Å². The average molecular weight is 243 g/mol. The molecule has 88 valence electrons. The monoisotopic (exact) mass is 242 g/mol. The van der Waals surface area contributed by atoms with Crippen molar-refractivity contribution in [1.82, 2.24) is 5.43 Å². The molecule has 3 N–H and O–H groups in total. The third kappa shape index (κ3) is 3.30. The molecular formula is C12H16ClFN2. The maximum absolute atomic E-state index is 13.3. The Balaban J connectivity index is 2.86. The minimum Gasteiger partial charge on any atom is -0.271 e. The van der Waals surface area contributed by atoms with Gasteiger partial charge in [0, 0.05) is 6.04 Å². The molecule has 0 radical (unpaired) electrons. The zero-order chi connectivity index (χ0) is 12.1. The summed E-state index contributed by atoms with van der Waals surface area (Å²) in [5, 5.41) is 0.119. The SMILES string of the molecule is C=C(CC)CC(NN)c1ccc(Cl)c(F)c1. The molecule has 16 heavy (non-hydrogen) atoms. The van der Waals surface area contributed by atoms with Crippen LogP contribution in [-0.4, -0.2) is 0 Å². The van der Waals surface area contributed by atoms with Crippen LogP contribution in [0.15, 0.2) is 30.4 Å². The van der Waals surface area contributed by atoms with E-state index < -0.39 is 5.82 Å². The van der Waals surface area contributed by atoms with Crippen LogP contribution in [0.25, 0.3) is 0 Å². The summed E-state index contributed by atoms with van der Waals surface area (Å²) in [6.45, 7) is 5.94. The van der Waals surface area contributed by atoms with Crippen molar-refractivity contribution in [2.24, 2.45) is 5.84 Å². The van der Waals surface area contributed by atoms with E-state index in [-0.39, 0.29) is 11.1 Å². The highest BCUT2D eigenvalue weighted by molar-refractivity contribution is 6.30. The first-order chi connectivity index (χ1) is 7.58. The second-order valence-corrected chi connectivity index (χ2v) is 4.11. The van der Waals surface area contributed by atoms with E-state index in [0.29, 0.717) is 6.42 Å². The van der Waals surface area contributed by atoms with Crippen LogP contribution in [-0.2, 0) is 0 Å². The molecule has 1 rings (SSSR count). The summed E-state index contributed by atoms with van der Waals surface area (Å²) in [5.74, 6) is 5.02. The van der Waals surface area contributed by atoms with Crippen molar-refractivity contribution in [3.8, 4) is 0 Å². The lowest BCUT2D eigenvalue weighted by Crippen LogP contribution is -2.28. The standard InChI is InChI=1S/C12H16ClFN2/c1-3-8(2)6-12(16-15)9-4-5-10(13)11(14)7-9/h4-5,7,12,16H,2-3,6,15H2,1H3. The molecule has 0 saturated heterocycles. The first kappa shape index (κ1) is 13.2. The zero-order valence-electron chi connectivity index (χ0n) is 9.26. The van der Waals surface area contributed by atoms with Crippen molar-refractivity contribution in [2.75, 3.05) is 0 Å². The van der Waals surface area contributed by atoms with E-state index in [4.69, 9.17) is 17.4 Å². The van der Waals surface area contributed by atoms with E-state index in [1.807, 2.05) is 6.92 Å². The normalized spacial score (nSPS) is 12.5. The fourth-order valence-electron chi connectivity index (χ4n) is 1.44. The molecule has 0 aromatic heterocycles. The predicted molar refractivity (Wildman–Crippen MR) is 65.5 cm³/mol. The number of hydrazine groups is 1. The summed E-state index contributed by atoms with van der Waals surface area (Å²) >= 11 is 5.62. The Kier molecular flexibility index (Phi) is 4.93. The van der Waals surface area contributed by atoms with Crippen LogP contribution in [0, 0.1) is 5.82 Å². The molecule has 0 aliphatic heterocycles. The Morgan fingerprint density at radius 1 is 1.62 bits per heavy atom. The van der Waals surface area contributed by atoms with Gasteiger partial charge in [0.15, 0.2) is 0 Å². The van der Waals surface area contributed by atoms with Crippen LogP contribution in [0.4, 0.5) is 4.39 Å². The van der Waals surface area contributed by atoms with Crippen molar-refractivity contribution in [3.05, 3.63) is 46.8 Å². The van der Waals surface area contributed by atoms with E-state index in [1.165, 1.54) is 12.1 Å². The Labute approximate surface area is 100 Å². The van der Waals surface area contributed by atoms with Crippen molar-refractivity contribution < 1.29 is 4.39 Å². The number of hydrogen-bond acceptors (Lipinski definition) is 2. The lowest BCUT2D eigenvalue weighted by Gasteiger charge is -2.17. The maximum atomic E-state index is 13.3. The molecule has 0 aliphatic rings.